The van der Waals surface area contributed by atoms with Crippen LogP contribution in [0.3, 0.4) is 0 Å². The van der Waals surface area contributed by atoms with Gasteiger partial charge in [-0.1, -0.05) is 32.0 Å². The van der Waals surface area contributed by atoms with Gasteiger partial charge in [0.1, 0.15) is 0 Å². The van der Waals surface area contributed by atoms with Gasteiger partial charge in [-0.25, -0.2) is 0 Å². The number of benzene rings is 1. The summed E-state index contributed by atoms with van der Waals surface area (Å²) in [4.78, 5) is 0. The second kappa shape index (κ2) is 6.09. The lowest BCUT2D eigenvalue weighted by molar-refractivity contribution is 0.197. The van der Waals surface area contributed by atoms with Gasteiger partial charge in [-0.2, -0.15) is 0 Å². The molecule has 0 radical (unpaired) electrons. The van der Waals surface area contributed by atoms with Crippen LogP contribution in [-0.4, -0.2) is 6.54 Å². The van der Waals surface area contributed by atoms with E-state index in [0.29, 0.717) is 11.8 Å². The smallest absolute Gasteiger partial charge is 0.00430 e. The molecule has 0 saturated heterocycles. The predicted octanol–water partition coefficient (Wildman–Crippen LogP) is 4.42. The highest BCUT2D eigenvalue weighted by Crippen LogP contribution is 2.42. The number of nitrogens with two attached hydrogens (primary N) is 1. The van der Waals surface area contributed by atoms with E-state index in [4.69, 9.17) is 5.73 Å². The van der Waals surface area contributed by atoms with E-state index in [-0.39, 0.29) is 0 Å². The molecule has 1 heteroatoms. The van der Waals surface area contributed by atoms with E-state index in [9.17, 15) is 0 Å². The maximum absolute atomic E-state index is 6.02. The molecule has 1 saturated carbocycles. The Bertz CT molecular complexity index is 422. The third-order valence-corrected chi connectivity index (χ3v) is 5.24. The van der Waals surface area contributed by atoms with Crippen LogP contribution in [0, 0.1) is 31.6 Å². The maximum Gasteiger partial charge on any atom is -0.00430 e. The molecule has 0 bridgehead atoms. The summed E-state index contributed by atoms with van der Waals surface area (Å²) >= 11 is 0. The van der Waals surface area contributed by atoms with Gasteiger partial charge in [0.15, 0.2) is 0 Å². The van der Waals surface area contributed by atoms with Crippen LogP contribution in [0.2, 0.25) is 0 Å². The second-order valence-corrected chi connectivity index (χ2v) is 6.76. The van der Waals surface area contributed by atoms with Gasteiger partial charge in [-0.05, 0) is 80.0 Å². The van der Waals surface area contributed by atoms with Crippen LogP contribution in [0.5, 0.6) is 0 Å². The molecule has 0 spiro atoms. The molecule has 1 aliphatic carbocycles. The summed E-state index contributed by atoms with van der Waals surface area (Å²) in [6.07, 6.45) is 3.99. The van der Waals surface area contributed by atoms with Gasteiger partial charge in [0, 0.05) is 0 Å². The third-order valence-electron chi connectivity index (χ3n) is 5.24. The van der Waals surface area contributed by atoms with Crippen molar-refractivity contribution in [1.29, 1.82) is 0 Å². The topological polar surface area (TPSA) is 26.0 Å². The van der Waals surface area contributed by atoms with Gasteiger partial charge in [0.2, 0.25) is 0 Å². The summed E-state index contributed by atoms with van der Waals surface area (Å²) in [5.74, 6) is 3.02. The molecule has 1 aromatic carbocycles. The lowest BCUT2D eigenvalue weighted by Gasteiger charge is -2.38. The first kappa shape index (κ1) is 14.6. The summed E-state index contributed by atoms with van der Waals surface area (Å²) in [6.45, 7) is 9.98. The number of hydrogen-bond acceptors (Lipinski definition) is 1. The fourth-order valence-corrected chi connectivity index (χ4v) is 3.56. The molecule has 3 unspecified atom stereocenters. The Labute approximate surface area is 118 Å². The molecule has 2 rings (SSSR count). The molecule has 2 N–H and O–H groups in total. The monoisotopic (exact) mass is 259 g/mol. The van der Waals surface area contributed by atoms with Crippen molar-refractivity contribution in [1.82, 2.24) is 0 Å². The molecule has 19 heavy (non-hydrogen) atoms. The summed E-state index contributed by atoms with van der Waals surface area (Å²) in [5.41, 5.74) is 10.3. The largest absolute Gasteiger partial charge is 0.330 e. The SMILES string of the molecule is Cc1ccc(C2CC(C(C)C)CCC2CN)cc1C. The highest BCUT2D eigenvalue weighted by atomic mass is 14.6. The zero-order chi connectivity index (χ0) is 14.0. The van der Waals surface area contributed by atoms with Gasteiger partial charge < -0.3 is 5.73 Å². The summed E-state index contributed by atoms with van der Waals surface area (Å²) in [6, 6.07) is 7.00. The number of aryl methyl sites for hydroxylation is 2. The highest BCUT2D eigenvalue weighted by Gasteiger charge is 2.31. The van der Waals surface area contributed by atoms with Crippen LogP contribution in [-0.2, 0) is 0 Å². The van der Waals surface area contributed by atoms with Crippen molar-refractivity contribution in [2.45, 2.75) is 52.9 Å². The first-order chi connectivity index (χ1) is 9.02. The summed E-state index contributed by atoms with van der Waals surface area (Å²) < 4.78 is 0. The van der Waals surface area contributed by atoms with Crippen molar-refractivity contribution in [2.75, 3.05) is 6.54 Å². The molecule has 1 nitrogen and oxygen atoms in total. The van der Waals surface area contributed by atoms with E-state index in [0.717, 1.165) is 18.4 Å². The van der Waals surface area contributed by atoms with Gasteiger partial charge in [-0.15, -0.1) is 0 Å². The average molecular weight is 259 g/mol. The Morgan fingerprint density at radius 1 is 1.16 bits per heavy atom. The van der Waals surface area contributed by atoms with Gasteiger partial charge >= 0.3 is 0 Å². The standard InChI is InChI=1S/C18H29N/c1-12(2)15-7-8-17(11-19)18(10-15)16-6-5-13(3)14(4)9-16/h5-6,9,12,15,17-18H,7-8,10-11,19H2,1-4H3. The molecule has 1 aromatic rings. The van der Waals surface area contributed by atoms with E-state index >= 15 is 0 Å². The number of rotatable bonds is 3. The predicted molar refractivity (Wildman–Crippen MR) is 83.4 cm³/mol. The van der Waals surface area contributed by atoms with E-state index in [2.05, 4.69) is 45.9 Å². The van der Waals surface area contributed by atoms with E-state index < -0.39 is 0 Å². The van der Waals surface area contributed by atoms with Gasteiger partial charge in [0.05, 0.1) is 0 Å². The van der Waals surface area contributed by atoms with E-state index in [1.165, 1.54) is 36.0 Å². The van der Waals surface area contributed by atoms with Crippen LogP contribution in [0.4, 0.5) is 0 Å². The zero-order valence-electron chi connectivity index (χ0n) is 12.9. The van der Waals surface area contributed by atoms with Crippen LogP contribution >= 0.6 is 0 Å². The van der Waals surface area contributed by atoms with Crippen LogP contribution in [0.1, 0.15) is 55.7 Å². The van der Waals surface area contributed by atoms with Crippen molar-refractivity contribution < 1.29 is 0 Å². The Morgan fingerprint density at radius 3 is 2.47 bits per heavy atom. The molecule has 3 atom stereocenters. The molecule has 0 aliphatic heterocycles. The number of hydrogen-bond donors (Lipinski definition) is 1. The molecule has 0 heterocycles. The molecular weight excluding hydrogens is 230 g/mol. The Morgan fingerprint density at radius 2 is 1.89 bits per heavy atom. The third kappa shape index (κ3) is 3.20. The van der Waals surface area contributed by atoms with Gasteiger partial charge in [-0.3, -0.25) is 0 Å². The average Bonchev–Trinajstić information content (AvgIpc) is 2.41. The summed E-state index contributed by atoms with van der Waals surface area (Å²) in [5, 5.41) is 0. The second-order valence-electron chi connectivity index (χ2n) is 6.76. The van der Waals surface area contributed by atoms with Crippen molar-refractivity contribution in [3.63, 3.8) is 0 Å². The lowest BCUT2D eigenvalue weighted by atomic mass is 9.68. The van der Waals surface area contributed by atoms with Crippen molar-refractivity contribution in [3.05, 3.63) is 34.9 Å². The fourth-order valence-electron chi connectivity index (χ4n) is 3.56. The summed E-state index contributed by atoms with van der Waals surface area (Å²) in [7, 11) is 0. The highest BCUT2D eigenvalue weighted by molar-refractivity contribution is 5.32. The quantitative estimate of drug-likeness (QED) is 0.854. The van der Waals surface area contributed by atoms with E-state index in [1.807, 2.05) is 0 Å². The normalized spacial score (nSPS) is 27.8. The molecule has 1 fully saturated rings. The molecule has 0 aromatic heterocycles. The molecular formula is C18H29N. The first-order valence-electron chi connectivity index (χ1n) is 7.80. The van der Waals surface area contributed by atoms with Crippen LogP contribution in [0.25, 0.3) is 0 Å². The Balaban J connectivity index is 2.24. The minimum atomic E-state index is 0.672. The Hall–Kier alpha value is -0.820. The van der Waals surface area contributed by atoms with Crippen molar-refractivity contribution in [3.8, 4) is 0 Å². The maximum atomic E-state index is 6.02. The lowest BCUT2D eigenvalue weighted by Crippen LogP contribution is -2.30. The van der Waals surface area contributed by atoms with Crippen LogP contribution in [0.15, 0.2) is 18.2 Å². The van der Waals surface area contributed by atoms with Crippen molar-refractivity contribution in [2.24, 2.45) is 23.5 Å². The van der Waals surface area contributed by atoms with Crippen molar-refractivity contribution >= 4 is 0 Å². The van der Waals surface area contributed by atoms with Gasteiger partial charge in [0.25, 0.3) is 0 Å². The molecule has 106 valence electrons. The Kier molecular flexibility index (Phi) is 4.67. The molecule has 1 aliphatic rings. The minimum Gasteiger partial charge on any atom is -0.330 e. The fraction of sp³-hybridized carbons (Fsp3) is 0.667. The zero-order valence-corrected chi connectivity index (χ0v) is 12.9. The minimum absolute atomic E-state index is 0.672. The van der Waals surface area contributed by atoms with Crippen LogP contribution < -0.4 is 5.73 Å². The molecule has 0 amide bonds. The first-order valence-corrected chi connectivity index (χ1v) is 7.80. The van der Waals surface area contributed by atoms with E-state index in [1.54, 1.807) is 0 Å².